The number of H-pyrrole nitrogens is 2. The van der Waals surface area contributed by atoms with Crippen LogP contribution in [-0.4, -0.2) is 54.2 Å². The lowest BCUT2D eigenvalue weighted by Gasteiger charge is -2.27. The second-order valence-corrected chi connectivity index (χ2v) is 7.83. The Balaban J connectivity index is 1.50. The van der Waals surface area contributed by atoms with Gasteiger partial charge in [0.15, 0.2) is 5.75 Å². The van der Waals surface area contributed by atoms with Crippen molar-refractivity contribution in [3.63, 3.8) is 0 Å². The van der Waals surface area contributed by atoms with Gasteiger partial charge in [-0.05, 0) is 18.2 Å². The SMILES string of the molecule is c1ccc2c(c1)[nH]c1c(OCCN3CCNCC3)c3[nH]c4ccccc4c3cc12. The van der Waals surface area contributed by atoms with Gasteiger partial charge in [-0.1, -0.05) is 36.4 Å². The van der Waals surface area contributed by atoms with Crippen LogP contribution in [0.15, 0.2) is 54.6 Å². The van der Waals surface area contributed by atoms with Crippen LogP contribution in [0.5, 0.6) is 5.75 Å². The van der Waals surface area contributed by atoms with E-state index in [9.17, 15) is 0 Å². The van der Waals surface area contributed by atoms with Crippen LogP contribution in [0.4, 0.5) is 0 Å². The topological polar surface area (TPSA) is 56.1 Å². The van der Waals surface area contributed by atoms with E-state index in [0.29, 0.717) is 6.61 Å². The fourth-order valence-electron chi connectivity index (χ4n) is 4.61. The predicted octanol–water partition coefficient (Wildman–Crippen LogP) is 4.24. The van der Waals surface area contributed by atoms with Crippen molar-refractivity contribution in [2.75, 3.05) is 39.3 Å². The van der Waals surface area contributed by atoms with Crippen molar-refractivity contribution in [2.45, 2.75) is 0 Å². The summed E-state index contributed by atoms with van der Waals surface area (Å²) in [6.45, 7) is 5.91. The first-order valence-electron chi connectivity index (χ1n) is 10.4. The summed E-state index contributed by atoms with van der Waals surface area (Å²) in [6.07, 6.45) is 0. The Hall–Kier alpha value is -3.02. The monoisotopic (exact) mass is 384 g/mol. The molecule has 0 radical (unpaired) electrons. The van der Waals surface area contributed by atoms with Crippen LogP contribution < -0.4 is 10.1 Å². The fraction of sp³-hybridized carbons (Fsp3) is 0.250. The van der Waals surface area contributed by atoms with Gasteiger partial charge in [-0.3, -0.25) is 4.90 Å². The number of aromatic amines is 2. The van der Waals surface area contributed by atoms with Crippen LogP contribution in [0.2, 0.25) is 0 Å². The van der Waals surface area contributed by atoms with E-state index in [1.807, 2.05) is 0 Å². The smallest absolute Gasteiger partial charge is 0.167 e. The van der Waals surface area contributed by atoms with E-state index >= 15 is 0 Å². The quantitative estimate of drug-likeness (QED) is 0.434. The first-order chi connectivity index (χ1) is 14.4. The van der Waals surface area contributed by atoms with Crippen molar-refractivity contribution in [3.8, 4) is 5.75 Å². The number of nitrogens with one attached hydrogen (secondary N) is 3. The van der Waals surface area contributed by atoms with E-state index in [2.05, 4.69) is 74.8 Å². The Kier molecular flexibility index (Phi) is 3.96. The van der Waals surface area contributed by atoms with Gasteiger partial charge in [0.1, 0.15) is 6.61 Å². The number of benzene rings is 3. The molecule has 3 aromatic carbocycles. The molecule has 0 bridgehead atoms. The van der Waals surface area contributed by atoms with Gasteiger partial charge in [0.05, 0.1) is 11.0 Å². The molecular weight excluding hydrogens is 360 g/mol. The van der Waals surface area contributed by atoms with Crippen LogP contribution in [-0.2, 0) is 0 Å². The summed E-state index contributed by atoms with van der Waals surface area (Å²) in [5.74, 6) is 0.931. The van der Waals surface area contributed by atoms with Crippen LogP contribution in [0.25, 0.3) is 43.6 Å². The number of para-hydroxylation sites is 2. The van der Waals surface area contributed by atoms with Crippen molar-refractivity contribution in [3.05, 3.63) is 54.6 Å². The summed E-state index contributed by atoms with van der Waals surface area (Å²) in [7, 11) is 0. The maximum atomic E-state index is 6.47. The van der Waals surface area contributed by atoms with Gasteiger partial charge >= 0.3 is 0 Å². The van der Waals surface area contributed by atoms with Crippen molar-refractivity contribution < 1.29 is 4.74 Å². The molecule has 146 valence electrons. The average Bonchev–Trinajstić information content (AvgIpc) is 3.33. The minimum atomic E-state index is 0.680. The molecule has 0 aliphatic carbocycles. The van der Waals surface area contributed by atoms with E-state index in [4.69, 9.17) is 4.74 Å². The number of nitrogens with zero attached hydrogens (tertiary/aromatic N) is 1. The number of hydrogen-bond acceptors (Lipinski definition) is 3. The maximum Gasteiger partial charge on any atom is 0.167 e. The Labute approximate surface area is 168 Å². The summed E-state index contributed by atoms with van der Waals surface area (Å²) in [5.41, 5.74) is 4.44. The summed E-state index contributed by atoms with van der Waals surface area (Å²) in [4.78, 5) is 9.67. The fourth-order valence-corrected chi connectivity index (χ4v) is 4.61. The molecule has 5 nitrogen and oxygen atoms in total. The summed E-state index contributed by atoms with van der Waals surface area (Å²) >= 11 is 0. The molecule has 2 aromatic heterocycles. The third kappa shape index (κ3) is 2.77. The molecule has 1 aliphatic rings. The molecule has 3 N–H and O–H groups in total. The molecule has 6 rings (SSSR count). The molecule has 3 heterocycles. The normalized spacial score (nSPS) is 15.7. The zero-order chi connectivity index (χ0) is 19.2. The van der Waals surface area contributed by atoms with E-state index in [1.54, 1.807) is 0 Å². The van der Waals surface area contributed by atoms with Gasteiger partial charge in [-0.15, -0.1) is 0 Å². The molecule has 1 fully saturated rings. The molecule has 1 aliphatic heterocycles. The largest absolute Gasteiger partial charge is 0.488 e. The number of piperazine rings is 1. The third-order valence-electron chi connectivity index (χ3n) is 6.10. The highest BCUT2D eigenvalue weighted by Crippen LogP contribution is 2.40. The standard InChI is InChI=1S/C24H24N4O/c1-3-7-20-16(5-1)18-15-19-17-6-2-4-8-21(17)27-23(19)24(22(18)26-20)29-14-13-28-11-9-25-10-12-28/h1-8,15,25-27H,9-14H2. The molecule has 0 spiro atoms. The van der Waals surface area contributed by atoms with Crippen LogP contribution in [0, 0.1) is 0 Å². The number of aromatic nitrogens is 2. The van der Waals surface area contributed by atoms with Gasteiger partial charge < -0.3 is 20.0 Å². The van der Waals surface area contributed by atoms with E-state index in [-0.39, 0.29) is 0 Å². The number of ether oxygens (including phenoxy) is 1. The second-order valence-electron chi connectivity index (χ2n) is 7.83. The van der Waals surface area contributed by atoms with Crippen molar-refractivity contribution >= 4 is 43.6 Å². The highest BCUT2D eigenvalue weighted by atomic mass is 16.5. The number of hydrogen-bond donors (Lipinski definition) is 3. The summed E-state index contributed by atoms with van der Waals surface area (Å²) in [5, 5.41) is 8.32. The van der Waals surface area contributed by atoms with E-state index in [1.165, 1.54) is 21.5 Å². The predicted molar refractivity (Wildman–Crippen MR) is 120 cm³/mol. The lowest BCUT2D eigenvalue weighted by atomic mass is 10.1. The van der Waals surface area contributed by atoms with Gasteiger partial charge in [-0.25, -0.2) is 0 Å². The number of rotatable bonds is 4. The molecule has 5 heteroatoms. The Morgan fingerprint density at radius 2 is 1.34 bits per heavy atom. The average molecular weight is 384 g/mol. The first-order valence-corrected chi connectivity index (χ1v) is 10.4. The summed E-state index contributed by atoms with van der Waals surface area (Å²) < 4.78 is 6.47. The zero-order valence-corrected chi connectivity index (χ0v) is 16.3. The molecule has 0 unspecified atom stereocenters. The molecule has 5 aromatic rings. The first kappa shape index (κ1) is 16.9. The lowest BCUT2D eigenvalue weighted by molar-refractivity contribution is 0.193. The van der Waals surface area contributed by atoms with Gasteiger partial charge in [0.25, 0.3) is 0 Å². The highest BCUT2D eigenvalue weighted by molar-refractivity contribution is 6.20. The molecular formula is C24H24N4O. The Morgan fingerprint density at radius 3 is 1.97 bits per heavy atom. The van der Waals surface area contributed by atoms with Crippen molar-refractivity contribution in [1.29, 1.82) is 0 Å². The van der Waals surface area contributed by atoms with Gasteiger partial charge in [-0.2, -0.15) is 0 Å². The zero-order valence-electron chi connectivity index (χ0n) is 16.3. The van der Waals surface area contributed by atoms with Gasteiger partial charge in [0, 0.05) is 65.3 Å². The molecule has 0 amide bonds. The lowest BCUT2D eigenvalue weighted by Crippen LogP contribution is -2.44. The van der Waals surface area contributed by atoms with Crippen LogP contribution in [0.1, 0.15) is 0 Å². The van der Waals surface area contributed by atoms with Crippen LogP contribution >= 0.6 is 0 Å². The molecule has 0 saturated carbocycles. The molecule has 1 saturated heterocycles. The van der Waals surface area contributed by atoms with E-state index in [0.717, 1.165) is 60.5 Å². The maximum absolute atomic E-state index is 6.47. The third-order valence-corrected chi connectivity index (χ3v) is 6.10. The van der Waals surface area contributed by atoms with E-state index < -0.39 is 0 Å². The minimum Gasteiger partial charge on any atom is -0.488 e. The Morgan fingerprint density at radius 1 is 0.759 bits per heavy atom. The Bertz CT molecular complexity index is 1240. The molecule has 29 heavy (non-hydrogen) atoms. The molecule has 0 atom stereocenters. The minimum absolute atomic E-state index is 0.680. The summed E-state index contributed by atoms with van der Waals surface area (Å²) in [6, 6.07) is 19.3. The van der Waals surface area contributed by atoms with Crippen molar-refractivity contribution in [1.82, 2.24) is 20.2 Å². The highest BCUT2D eigenvalue weighted by Gasteiger charge is 2.18. The second kappa shape index (κ2) is 6.79. The van der Waals surface area contributed by atoms with Crippen molar-refractivity contribution in [2.24, 2.45) is 0 Å². The van der Waals surface area contributed by atoms with Crippen LogP contribution in [0.3, 0.4) is 0 Å². The van der Waals surface area contributed by atoms with Gasteiger partial charge in [0.2, 0.25) is 0 Å². The number of fused-ring (bicyclic) bond motifs is 6.